The Hall–Kier alpha value is -2.64. The van der Waals surface area contributed by atoms with Gasteiger partial charge in [-0.15, -0.1) is 0 Å². The highest BCUT2D eigenvalue weighted by Crippen LogP contribution is 2.28. The third kappa shape index (κ3) is 4.21. The van der Waals surface area contributed by atoms with E-state index in [1.165, 1.54) is 12.1 Å². The van der Waals surface area contributed by atoms with E-state index in [9.17, 15) is 8.78 Å². The second kappa shape index (κ2) is 8.39. The fourth-order valence-electron chi connectivity index (χ4n) is 3.81. The van der Waals surface area contributed by atoms with Gasteiger partial charge in [-0.3, -0.25) is 9.80 Å². The molecule has 0 N–H and O–H groups in total. The van der Waals surface area contributed by atoms with Crippen molar-refractivity contribution in [2.24, 2.45) is 0 Å². The van der Waals surface area contributed by atoms with Crippen LogP contribution >= 0.6 is 0 Å². The monoisotopic (exact) mass is 398 g/mol. The zero-order valence-electron chi connectivity index (χ0n) is 16.6. The molecule has 0 aliphatic carbocycles. The Balaban J connectivity index is 1.38. The van der Waals surface area contributed by atoms with Gasteiger partial charge in [-0.1, -0.05) is 41.6 Å². The number of hydrogen-bond acceptors (Lipinski definition) is 5. The minimum Gasteiger partial charge on any atom is -0.337 e. The molecule has 152 valence electrons. The first-order chi connectivity index (χ1) is 14.0. The normalized spacial score (nSPS) is 17.9. The molecule has 4 rings (SSSR count). The largest absolute Gasteiger partial charge is 0.337 e. The predicted octanol–water partition coefficient (Wildman–Crippen LogP) is 4.45. The van der Waals surface area contributed by atoms with Crippen LogP contribution in [0.2, 0.25) is 0 Å². The van der Waals surface area contributed by atoms with Crippen LogP contribution in [-0.4, -0.2) is 46.1 Å². The quantitative estimate of drug-likeness (QED) is 0.635. The lowest BCUT2D eigenvalue weighted by molar-refractivity contribution is 0.0668. The molecular weight excluding hydrogens is 374 g/mol. The van der Waals surface area contributed by atoms with Gasteiger partial charge in [0.05, 0.1) is 6.04 Å². The lowest BCUT2D eigenvalue weighted by atomic mass is 10.0. The van der Waals surface area contributed by atoms with Gasteiger partial charge in [-0.2, -0.15) is 4.98 Å². The number of piperazine rings is 1. The van der Waals surface area contributed by atoms with E-state index in [1.54, 1.807) is 0 Å². The van der Waals surface area contributed by atoms with Crippen LogP contribution in [0.3, 0.4) is 0 Å². The van der Waals surface area contributed by atoms with E-state index in [0.29, 0.717) is 17.3 Å². The highest BCUT2D eigenvalue weighted by atomic mass is 19.1. The van der Waals surface area contributed by atoms with Crippen LogP contribution in [0.4, 0.5) is 8.78 Å². The van der Waals surface area contributed by atoms with E-state index in [4.69, 9.17) is 4.52 Å². The second-order valence-corrected chi connectivity index (χ2v) is 7.41. The Morgan fingerprint density at radius 3 is 2.21 bits per heavy atom. The average Bonchev–Trinajstić information content (AvgIpc) is 3.24. The maximum Gasteiger partial charge on any atom is 0.244 e. The minimum atomic E-state index is -0.550. The van der Waals surface area contributed by atoms with Crippen molar-refractivity contribution in [3.8, 4) is 11.4 Å². The first-order valence-corrected chi connectivity index (χ1v) is 9.85. The number of rotatable bonds is 5. The molecule has 2 atom stereocenters. The smallest absolute Gasteiger partial charge is 0.244 e. The van der Waals surface area contributed by atoms with Crippen LogP contribution in [0.1, 0.15) is 37.4 Å². The maximum absolute atomic E-state index is 14.1. The summed E-state index contributed by atoms with van der Waals surface area (Å²) in [4.78, 5) is 9.05. The van der Waals surface area contributed by atoms with Gasteiger partial charge < -0.3 is 4.52 Å². The predicted molar refractivity (Wildman–Crippen MR) is 106 cm³/mol. The molecule has 1 fully saturated rings. The number of halogens is 2. The van der Waals surface area contributed by atoms with Crippen molar-refractivity contribution >= 4 is 0 Å². The van der Waals surface area contributed by atoms with Gasteiger partial charge in [-0.25, -0.2) is 8.78 Å². The summed E-state index contributed by atoms with van der Waals surface area (Å²) in [7, 11) is 0. The molecule has 1 aliphatic rings. The molecule has 1 saturated heterocycles. The highest BCUT2D eigenvalue weighted by Gasteiger charge is 2.29. The van der Waals surface area contributed by atoms with Crippen molar-refractivity contribution in [3.63, 3.8) is 0 Å². The summed E-state index contributed by atoms with van der Waals surface area (Å²) in [5.74, 6) is 0.139. The average molecular weight is 398 g/mol. The Morgan fingerprint density at radius 2 is 1.55 bits per heavy atom. The van der Waals surface area contributed by atoms with Crippen LogP contribution in [0.5, 0.6) is 0 Å². The van der Waals surface area contributed by atoms with Crippen molar-refractivity contribution in [2.75, 3.05) is 26.2 Å². The minimum absolute atomic E-state index is 0.0000226. The summed E-state index contributed by atoms with van der Waals surface area (Å²) < 4.78 is 32.8. The zero-order valence-corrected chi connectivity index (χ0v) is 16.6. The van der Waals surface area contributed by atoms with E-state index in [0.717, 1.165) is 37.8 Å². The highest BCUT2D eigenvalue weighted by molar-refractivity contribution is 5.53. The van der Waals surface area contributed by atoms with Crippen LogP contribution in [0.15, 0.2) is 53.1 Å². The first kappa shape index (κ1) is 19.7. The molecule has 0 radical (unpaired) electrons. The van der Waals surface area contributed by atoms with Crippen LogP contribution in [0, 0.1) is 11.6 Å². The van der Waals surface area contributed by atoms with E-state index in [-0.39, 0.29) is 12.1 Å². The second-order valence-electron chi connectivity index (χ2n) is 7.41. The van der Waals surface area contributed by atoms with Gasteiger partial charge >= 0.3 is 0 Å². The third-order valence-corrected chi connectivity index (χ3v) is 5.69. The molecule has 1 aliphatic heterocycles. The van der Waals surface area contributed by atoms with Crippen LogP contribution in [-0.2, 0) is 0 Å². The third-order valence-electron chi connectivity index (χ3n) is 5.69. The van der Waals surface area contributed by atoms with Gasteiger partial charge in [0, 0.05) is 49.4 Å². The summed E-state index contributed by atoms with van der Waals surface area (Å²) in [5.41, 5.74) is 1.45. The van der Waals surface area contributed by atoms with Gasteiger partial charge in [0.25, 0.3) is 0 Å². The van der Waals surface area contributed by atoms with Gasteiger partial charge in [-0.05, 0) is 19.9 Å². The lowest BCUT2D eigenvalue weighted by Gasteiger charge is -2.39. The topological polar surface area (TPSA) is 45.4 Å². The molecule has 29 heavy (non-hydrogen) atoms. The molecular formula is C22H24F2N4O. The summed E-state index contributed by atoms with van der Waals surface area (Å²) in [6.07, 6.45) is 0. The SMILES string of the molecule is CC(c1nc(-c2ccccc2)no1)N1CCN(C(C)c2ccc(F)cc2F)CC1. The van der Waals surface area contributed by atoms with E-state index < -0.39 is 11.6 Å². The number of nitrogens with zero attached hydrogens (tertiary/aromatic N) is 4. The Morgan fingerprint density at radius 1 is 0.897 bits per heavy atom. The summed E-state index contributed by atoms with van der Waals surface area (Å²) in [6, 6.07) is 13.4. The van der Waals surface area contributed by atoms with E-state index in [2.05, 4.69) is 26.9 Å². The molecule has 0 saturated carbocycles. The maximum atomic E-state index is 14.1. The Bertz CT molecular complexity index is 954. The molecule has 0 spiro atoms. The molecule has 7 heteroatoms. The fraction of sp³-hybridized carbons (Fsp3) is 0.364. The van der Waals surface area contributed by atoms with Crippen molar-refractivity contribution in [1.82, 2.24) is 19.9 Å². The first-order valence-electron chi connectivity index (χ1n) is 9.85. The molecule has 2 aromatic carbocycles. The van der Waals surface area contributed by atoms with Crippen molar-refractivity contribution in [1.29, 1.82) is 0 Å². The number of benzene rings is 2. The Kier molecular flexibility index (Phi) is 5.69. The lowest BCUT2D eigenvalue weighted by Crippen LogP contribution is -2.47. The molecule has 3 aromatic rings. The van der Waals surface area contributed by atoms with Gasteiger partial charge in [0.15, 0.2) is 0 Å². The summed E-state index contributed by atoms with van der Waals surface area (Å²) in [5, 5.41) is 4.11. The fourth-order valence-corrected chi connectivity index (χ4v) is 3.81. The number of aromatic nitrogens is 2. The van der Waals surface area contributed by atoms with Gasteiger partial charge in [0.1, 0.15) is 11.6 Å². The summed E-state index contributed by atoms with van der Waals surface area (Å²) in [6.45, 7) is 7.18. The van der Waals surface area contributed by atoms with Crippen molar-refractivity contribution in [3.05, 3.63) is 71.6 Å². The summed E-state index contributed by atoms with van der Waals surface area (Å²) >= 11 is 0. The van der Waals surface area contributed by atoms with Crippen molar-refractivity contribution in [2.45, 2.75) is 25.9 Å². The Labute approximate surface area is 168 Å². The van der Waals surface area contributed by atoms with E-state index in [1.807, 2.05) is 37.3 Å². The van der Waals surface area contributed by atoms with Crippen molar-refractivity contribution < 1.29 is 13.3 Å². The molecule has 0 bridgehead atoms. The molecule has 0 amide bonds. The molecule has 1 aromatic heterocycles. The molecule has 2 unspecified atom stereocenters. The molecule has 2 heterocycles. The van der Waals surface area contributed by atoms with Gasteiger partial charge in [0.2, 0.25) is 11.7 Å². The van der Waals surface area contributed by atoms with E-state index >= 15 is 0 Å². The standard InChI is InChI=1S/C22H24F2N4O/c1-15(19-9-8-18(23)14-20(19)24)27-10-12-28(13-11-27)16(2)22-25-21(26-29-22)17-6-4-3-5-7-17/h3-9,14-16H,10-13H2,1-2H3. The zero-order chi connectivity index (χ0) is 20.4. The van der Waals surface area contributed by atoms with Crippen LogP contribution < -0.4 is 0 Å². The van der Waals surface area contributed by atoms with Crippen LogP contribution in [0.25, 0.3) is 11.4 Å². The number of hydrogen-bond donors (Lipinski definition) is 0. The molecule has 5 nitrogen and oxygen atoms in total.